The average molecular weight is 400 g/mol. The molecule has 0 saturated heterocycles. The smallest absolute Gasteiger partial charge is 0.244 e. The number of carbonyl (C=O) groups excluding carboxylic acids is 1. The van der Waals surface area contributed by atoms with Crippen LogP contribution in [0.5, 0.6) is 5.75 Å². The van der Waals surface area contributed by atoms with Gasteiger partial charge >= 0.3 is 0 Å². The van der Waals surface area contributed by atoms with Crippen molar-refractivity contribution in [2.75, 3.05) is 0 Å². The normalized spacial score (nSPS) is 11.4. The third kappa shape index (κ3) is 3.67. The van der Waals surface area contributed by atoms with E-state index in [-0.39, 0.29) is 23.5 Å². The Balaban J connectivity index is 1.64. The van der Waals surface area contributed by atoms with Crippen LogP contribution in [0.25, 0.3) is 21.9 Å². The molecule has 0 unspecified atom stereocenters. The Morgan fingerprint density at radius 2 is 1.77 bits per heavy atom. The molecule has 0 aliphatic carbocycles. The standard InChI is InChI=1S/C24H20N2O4/c1-14-6-11-20-22(29)19-5-3-4-17(24(19)30-23(20)15(14)2)12-21(28)26-25-13-16-7-9-18(27)10-8-16/h3-11,13,27H,12H2,1-2H3,(H,26,28)/b25-13+. The Hall–Kier alpha value is -3.93. The largest absolute Gasteiger partial charge is 0.508 e. The number of carbonyl (C=O) groups is 1. The fraction of sp³-hybridized carbons (Fsp3) is 0.125. The molecule has 1 heterocycles. The second-order valence-corrected chi connectivity index (χ2v) is 7.17. The molecule has 0 aliphatic heterocycles. The molecule has 0 aliphatic rings. The molecule has 0 saturated carbocycles. The number of amides is 1. The summed E-state index contributed by atoms with van der Waals surface area (Å²) in [4.78, 5) is 25.3. The van der Waals surface area contributed by atoms with Crippen molar-refractivity contribution >= 4 is 34.1 Å². The number of hydrazone groups is 1. The first-order chi connectivity index (χ1) is 14.4. The zero-order valence-electron chi connectivity index (χ0n) is 16.6. The maximum absolute atomic E-state index is 12.9. The highest BCUT2D eigenvalue weighted by Crippen LogP contribution is 2.26. The van der Waals surface area contributed by atoms with E-state index in [1.165, 1.54) is 18.3 Å². The van der Waals surface area contributed by atoms with Gasteiger partial charge in [0.25, 0.3) is 0 Å². The molecule has 4 aromatic rings. The molecule has 0 fully saturated rings. The Kier molecular flexibility index (Phi) is 5.06. The van der Waals surface area contributed by atoms with E-state index in [1.54, 1.807) is 36.4 Å². The SMILES string of the molecule is Cc1ccc2c(=O)c3cccc(CC(=O)N/N=C/c4ccc(O)cc4)c3oc2c1C. The summed E-state index contributed by atoms with van der Waals surface area (Å²) in [5.74, 6) is -0.173. The van der Waals surface area contributed by atoms with Crippen molar-refractivity contribution < 1.29 is 14.3 Å². The van der Waals surface area contributed by atoms with E-state index in [0.717, 1.165) is 16.7 Å². The number of benzene rings is 3. The number of hydrogen-bond acceptors (Lipinski definition) is 5. The summed E-state index contributed by atoms with van der Waals surface area (Å²) in [5.41, 5.74) is 6.63. The Morgan fingerprint density at radius 1 is 1.03 bits per heavy atom. The van der Waals surface area contributed by atoms with E-state index in [1.807, 2.05) is 19.9 Å². The summed E-state index contributed by atoms with van der Waals surface area (Å²) in [5, 5.41) is 14.2. The number of rotatable bonds is 4. The maximum atomic E-state index is 12.9. The molecule has 4 rings (SSSR count). The lowest BCUT2D eigenvalue weighted by Crippen LogP contribution is -2.20. The fourth-order valence-electron chi connectivity index (χ4n) is 3.32. The van der Waals surface area contributed by atoms with Gasteiger partial charge in [-0.2, -0.15) is 5.10 Å². The van der Waals surface area contributed by atoms with Crippen LogP contribution in [0.15, 0.2) is 68.9 Å². The molecular weight excluding hydrogens is 380 g/mol. The van der Waals surface area contributed by atoms with Gasteiger partial charge in [0.05, 0.1) is 23.4 Å². The number of aromatic hydroxyl groups is 1. The minimum Gasteiger partial charge on any atom is -0.508 e. The van der Waals surface area contributed by atoms with Gasteiger partial charge in [-0.15, -0.1) is 0 Å². The van der Waals surface area contributed by atoms with Gasteiger partial charge in [0.2, 0.25) is 11.3 Å². The lowest BCUT2D eigenvalue weighted by atomic mass is 10.0. The van der Waals surface area contributed by atoms with E-state index < -0.39 is 0 Å². The summed E-state index contributed by atoms with van der Waals surface area (Å²) in [6, 6.07) is 15.3. The second kappa shape index (κ2) is 7.83. The predicted molar refractivity (Wildman–Crippen MR) is 117 cm³/mol. The fourth-order valence-corrected chi connectivity index (χ4v) is 3.32. The highest BCUT2D eigenvalue weighted by atomic mass is 16.3. The van der Waals surface area contributed by atoms with Gasteiger partial charge in [-0.1, -0.05) is 18.2 Å². The molecule has 6 nitrogen and oxygen atoms in total. The zero-order valence-corrected chi connectivity index (χ0v) is 16.6. The summed E-state index contributed by atoms with van der Waals surface area (Å²) in [6.45, 7) is 3.88. The minimum atomic E-state index is -0.332. The highest BCUT2D eigenvalue weighted by molar-refractivity contribution is 5.94. The molecule has 30 heavy (non-hydrogen) atoms. The second-order valence-electron chi connectivity index (χ2n) is 7.17. The van der Waals surface area contributed by atoms with E-state index in [4.69, 9.17) is 4.42 Å². The van der Waals surface area contributed by atoms with E-state index in [2.05, 4.69) is 10.5 Å². The van der Waals surface area contributed by atoms with Gasteiger partial charge in [-0.25, -0.2) is 5.43 Å². The molecule has 6 heteroatoms. The number of hydrogen-bond donors (Lipinski definition) is 2. The van der Waals surface area contributed by atoms with Gasteiger partial charge < -0.3 is 9.52 Å². The van der Waals surface area contributed by atoms with Crippen molar-refractivity contribution in [2.45, 2.75) is 20.3 Å². The quantitative estimate of drug-likeness (QED) is 0.308. The van der Waals surface area contributed by atoms with Crippen molar-refractivity contribution in [1.29, 1.82) is 0 Å². The zero-order chi connectivity index (χ0) is 21.3. The van der Waals surface area contributed by atoms with Crippen LogP contribution in [0.2, 0.25) is 0 Å². The molecular formula is C24H20N2O4. The number of nitrogens with one attached hydrogen (secondary N) is 1. The number of phenols is 1. The summed E-state index contributed by atoms with van der Waals surface area (Å²) < 4.78 is 6.11. The monoisotopic (exact) mass is 400 g/mol. The van der Waals surface area contributed by atoms with Crippen LogP contribution in [-0.2, 0) is 11.2 Å². The Bertz CT molecular complexity index is 1350. The van der Waals surface area contributed by atoms with E-state index in [9.17, 15) is 14.7 Å². The van der Waals surface area contributed by atoms with Crippen LogP contribution in [0.1, 0.15) is 22.3 Å². The lowest BCUT2D eigenvalue weighted by Gasteiger charge is -2.09. The third-order valence-electron chi connectivity index (χ3n) is 5.11. The highest BCUT2D eigenvalue weighted by Gasteiger charge is 2.15. The number of nitrogens with zero attached hydrogens (tertiary/aromatic N) is 1. The van der Waals surface area contributed by atoms with Gasteiger partial charge in [0.15, 0.2) is 0 Å². The Morgan fingerprint density at radius 3 is 2.53 bits per heavy atom. The lowest BCUT2D eigenvalue weighted by molar-refractivity contribution is -0.120. The molecule has 1 amide bonds. The number of para-hydroxylation sites is 1. The van der Waals surface area contributed by atoms with Gasteiger partial charge in [0.1, 0.15) is 16.9 Å². The van der Waals surface area contributed by atoms with Crippen LogP contribution in [0.3, 0.4) is 0 Å². The molecule has 150 valence electrons. The first-order valence-corrected chi connectivity index (χ1v) is 9.49. The predicted octanol–water partition coefficient (Wildman–Crippen LogP) is 3.96. The first kappa shape index (κ1) is 19.4. The van der Waals surface area contributed by atoms with Gasteiger partial charge in [-0.05, 0) is 66.9 Å². The van der Waals surface area contributed by atoms with Crippen LogP contribution >= 0.6 is 0 Å². The van der Waals surface area contributed by atoms with Crippen LogP contribution in [-0.4, -0.2) is 17.2 Å². The van der Waals surface area contributed by atoms with Crippen molar-refractivity contribution in [3.8, 4) is 5.75 Å². The molecule has 2 N–H and O–H groups in total. The van der Waals surface area contributed by atoms with Gasteiger partial charge in [0, 0.05) is 5.56 Å². The molecule has 1 aromatic heterocycles. The number of fused-ring (bicyclic) bond motifs is 2. The number of aryl methyl sites for hydroxylation is 2. The van der Waals surface area contributed by atoms with Crippen LogP contribution in [0, 0.1) is 13.8 Å². The summed E-state index contributed by atoms with van der Waals surface area (Å²) in [6.07, 6.45) is 1.50. The van der Waals surface area contributed by atoms with Crippen LogP contribution in [0.4, 0.5) is 0 Å². The summed E-state index contributed by atoms with van der Waals surface area (Å²) in [7, 11) is 0. The summed E-state index contributed by atoms with van der Waals surface area (Å²) >= 11 is 0. The topological polar surface area (TPSA) is 91.9 Å². The average Bonchev–Trinajstić information content (AvgIpc) is 2.73. The van der Waals surface area contributed by atoms with E-state index in [0.29, 0.717) is 27.5 Å². The molecule has 0 radical (unpaired) electrons. The molecule has 0 spiro atoms. The van der Waals surface area contributed by atoms with Crippen LogP contribution < -0.4 is 10.9 Å². The van der Waals surface area contributed by atoms with Crippen molar-refractivity contribution in [1.82, 2.24) is 5.43 Å². The van der Waals surface area contributed by atoms with Crippen molar-refractivity contribution in [3.05, 3.63) is 87.1 Å². The van der Waals surface area contributed by atoms with Crippen molar-refractivity contribution in [2.24, 2.45) is 5.10 Å². The maximum Gasteiger partial charge on any atom is 0.244 e. The molecule has 0 atom stereocenters. The number of phenolic OH excluding ortho intramolecular Hbond substituents is 1. The van der Waals surface area contributed by atoms with E-state index >= 15 is 0 Å². The first-order valence-electron chi connectivity index (χ1n) is 9.49. The molecule has 3 aromatic carbocycles. The van der Waals surface area contributed by atoms with Gasteiger partial charge in [-0.3, -0.25) is 9.59 Å². The Labute approximate surface area is 172 Å². The minimum absolute atomic E-state index is 0.0174. The molecule has 0 bridgehead atoms. The third-order valence-corrected chi connectivity index (χ3v) is 5.11. The van der Waals surface area contributed by atoms with Crippen molar-refractivity contribution in [3.63, 3.8) is 0 Å².